The van der Waals surface area contributed by atoms with Gasteiger partial charge in [-0.25, -0.2) is 9.59 Å². The predicted molar refractivity (Wildman–Crippen MR) is 115 cm³/mol. The molecule has 0 saturated carbocycles. The molecule has 178 valence electrons. The predicted octanol–water partition coefficient (Wildman–Crippen LogP) is 3.45. The number of hydrogen-bond acceptors (Lipinski definition) is 9. The van der Waals surface area contributed by atoms with Gasteiger partial charge in [0.15, 0.2) is 6.10 Å². The summed E-state index contributed by atoms with van der Waals surface area (Å²) in [7, 11) is -4.64. The van der Waals surface area contributed by atoms with Crippen LogP contribution in [0.1, 0.15) is 27.6 Å². The summed E-state index contributed by atoms with van der Waals surface area (Å²) in [6.07, 6.45) is -2.71. The van der Waals surface area contributed by atoms with Gasteiger partial charge in [-0.3, -0.25) is 14.7 Å². The lowest BCUT2D eigenvalue weighted by atomic mass is 10.1. The quantitative estimate of drug-likeness (QED) is 0.119. The Labute approximate surface area is 198 Å². The Kier molecular flexibility index (Phi) is 7.91. The highest BCUT2D eigenvalue weighted by atomic mass is 127. The summed E-state index contributed by atoms with van der Waals surface area (Å²) in [4.78, 5) is 35.0. The van der Waals surface area contributed by atoms with Crippen LogP contribution in [-0.2, 0) is 14.9 Å². The van der Waals surface area contributed by atoms with Crippen LogP contribution < -0.4 is 9.47 Å². The molecule has 0 heterocycles. The van der Waals surface area contributed by atoms with Gasteiger partial charge in [-0.2, -0.15) is 17.2 Å². The number of nitro benzene ring substituents is 1. The van der Waals surface area contributed by atoms with Crippen LogP contribution in [0.15, 0.2) is 36.4 Å². The first kappa shape index (κ1) is 26.3. The van der Waals surface area contributed by atoms with E-state index in [4.69, 9.17) is 14.0 Å². The average molecular weight is 601 g/mol. The zero-order chi connectivity index (χ0) is 25.1. The first-order valence-corrected chi connectivity index (χ1v) is 11.1. The fraction of sp³-hybridized carbons (Fsp3) is 0.222. The molecule has 2 aromatic rings. The van der Waals surface area contributed by atoms with Crippen LogP contribution in [0.3, 0.4) is 0 Å². The van der Waals surface area contributed by atoms with Crippen LogP contribution >= 0.6 is 22.6 Å². The number of carbonyl (C=O) groups is 2. The molecule has 0 spiro atoms. The largest absolute Gasteiger partial charge is 0.496 e. The highest BCUT2D eigenvalue weighted by molar-refractivity contribution is 14.1. The second kappa shape index (κ2) is 9.92. The SMILES string of the molecule is COc1cc(I)ccc1C(=O)Oc1ccc([N+](=O)[O-])c(C(=O)OC(C)C(F)(F)S(=O)(=O)O)c1. The molecule has 0 radical (unpaired) electrons. The summed E-state index contributed by atoms with van der Waals surface area (Å²) >= 11 is 1.98. The highest BCUT2D eigenvalue weighted by Gasteiger charge is 2.52. The van der Waals surface area contributed by atoms with E-state index < -0.39 is 49.6 Å². The van der Waals surface area contributed by atoms with Crippen molar-refractivity contribution in [1.29, 1.82) is 0 Å². The lowest BCUT2D eigenvalue weighted by Crippen LogP contribution is -2.42. The first-order chi connectivity index (χ1) is 15.2. The van der Waals surface area contributed by atoms with E-state index in [1.54, 1.807) is 6.07 Å². The highest BCUT2D eigenvalue weighted by Crippen LogP contribution is 2.31. The van der Waals surface area contributed by atoms with Crippen LogP contribution in [0.5, 0.6) is 11.5 Å². The Morgan fingerprint density at radius 2 is 1.79 bits per heavy atom. The number of ether oxygens (including phenoxy) is 3. The van der Waals surface area contributed by atoms with Crippen molar-refractivity contribution in [2.75, 3.05) is 7.11 Å². The molecule has 11 nitrogen and oxygen atoms in total. The maximum Gasteiger partial charge on any atom is 0.405 e. The fourth-order valence-corrected chi connectivity index (χ4v) is 3.33. The maximum absolute atomic E-state index is 13.7. The average Bonchev–Trinajstić information content (AvgIpc) is 2.72. The van der Waals surface area contributed by atoms with Crippen molar-refractivity contribution in [3.05, 3.63) is 61.2 Å². The fourth-order valence-electron chi connectivity index (χ4n) is 2.40. The van der Waals surface area contributed by atoms with Crippen molar-refractivity contribution in [2.24, 2.45) is 0 Å². The number of hydrogen-bond donors (Lipinski definition) is 1. The molecule has 0 aliphatic carbocycles. The summed E-state index contributed by atoms with van der Waals surface area (Å²) < 4.78 is 72.8. The van der Waals surface area contributed by atoms with Gasteiger partial charge in [-0.1, -0.05) is 0 Å². The number of nitro groups is 1. The number of nitrogens with zero attached hydrogens (tertiary/aromatic N) is 1. The molecule has 1 N–H and O–H groups in total. The van der Waals surface area contributed by atoms with Crippen LogP contribution in [0.25, 0.3) is 0 Å². The maximum atomic E-state index is 13.7. The molecule has 15 heteroatoms. The van der Waals surface area contributed by atoms with Crippen molar-refractivity contribution in [3.8, 4) is 11.5 Å². The Morgan fingerprint density at radius 3 is 2.33 bits per heavy atom. The van der Waals surface area contributed by atoms with Crippen molar-refractivity contribution in [1.82, 2.24) is 0 Å². The molecule has 0 aliphatic heterocycles. The van der Waals surface area contributed by atoms with E-state index in [1.165, 1.54) is 19.2 Å². The lowest BCUT2D eigenvalue weighted by Gasteiger charge is -2.20. The lowest BCUT2D eigenvalue weighted by molar-refractivity contribution is -0.385. The van der Waals surface area contributed by atoms with Gasteiger partial charge in [0.1, 0.15) is 22.6 Å². The van der Waals surface area contributed by atoms with Crippen molar-refractivity contribution in [3.63, 3.8) is 0 Å². The van der Waals surface area contributed by atoms with E-state index in [9.17, 15) is 36.9 Å². The van der Waals surface area contributed by atoms with E-state index >= 15 is 0 Å². The van der Waals surface area contributed by atoms with Gasteiger partial charge in [0.25, 0.3) is 5.69 Å². The summed E-state index contributed by atoms with van der Waals surface area (Å²) in [6.45, 7) is 0.463. The van der Waals surface area contributed by atoms with Gasteiger partial charge in [-0.15, -0.1) is 0 Å². The zero-order valence-corrected chi connectivity index (χ0v) is 19.6. The third kappa shape index (κ3) is 5.91. The minimum Gasteiger partial charge on any atom is -0.496 e. The molecule has 1 atom stereocenters. The standard InChI is InChI=1S/C18H14F2INO10S/c1-9(18(19,20)33(27,28)29)31-17(24)13-8-11(4-6-14(13)22(25)26)32-16(23)12-5-3-10(21)7-15(12)30-2/h3-9H,1-2H3,(H,27,28,29). The Balaban J connectivity index is 2.38. The molecular formula is C18H14F2INO10S. The van der Waals surface area contributed by atoms with Crippen LogP contribution in [-0.4, -0.2) is 48.3 Å². The normalized spacial score (nSPS) is 12.5. The Morgan fingerprint density at radius 1 is 1.15 bits per heavy atom. The number of esters is 2. The number of methoxy groups -OCH3 is 1. The molecule has 0 aromatic heterocycles. The molecule has 1 unspecified atom stereocenters. The van der Waals surface area contributed by atoms with Gasteiger partial charge < -0.3 is 14.2 Å². The van der Waals surface area contributed by atoms with E-state index in [2.05, 4.69) is 4.74 Å². The third-order valence-electron chi connectivity index (χ3n) is 4.08. The third-order valence-corrected chi connectivity index (χ3v) is 5.77. The van der Waals surface area contributed by atoms with Crippen molar-refractivity contribution in [2.45, 2.75) is 18.3 Å². The van der Waals surface area contributed by atoms with E-state index in [1.807, 2.05) is 22.6 Å². The Hall–Kier alpha value is -2.92. The van der Waals surface area contributed by atoms with Crippen LogP contribution in [0.4, 0.5) is 14.5 Å². The minimum absolute atomic E-state index is 0.0122. The molecule has 0 bridgehead atoms. The van der Waals surface area contributed by atoms with Crippen molar-refractivity contribution < 1.29 is 50.5 Å². The molecule has 0 saturated heterocycles. The molecule has 2 rings (SSSR count). The molecule has 33 heavy (non-hydrogen) atoms. The van der Waals surface area contributed by atoms with Crippen molar-refractivity contribution >= 4 is 50.3 Å². The zero-order valence-electron chi connectivity index (χ0n) is 16.7. The van der Waals surface area contributed by atoms with Crippen LogP contribution in [0, 0.1) is 13.7 Å². The summed E-state index contributed by atoms with van der Waals surface area (Å²) in [6, 6.07) is 6.93. The summed E-state index contributed by atoms with van der Waals surface area (Å²) in [5, 5.41) is 6.34. The molecule has 0 aliphatic rings. The van der Waals surface area contributed by atoms with Crippen LogP contribution in [0.2, 0.25) is 0 Å². The second-order valence-electron chi connectivity index (χ2n) is 6.25. The monoisotopic (exact) mass is 601 g/mol. The number of halogens is 3. The van der Waals surface area contributed by atoms with E-state index in [0.29, 0.717) is 13.0 Å². The van der Waals surface area contributed by atoms with Gasteiger partial charge >= 0.3 is 27.3 Å². The molecule has 2 aromatic carbocycles. The van der Waals surface area contributed by atoms with Gasteiger partial charge in [-0.05, 0) is 53.8 Å². The topological polar surface area (TPSA) is 159 Å². The Bertz CT molecular complexity index is 1220. The smallest absolute Gasteiger partial charge is 0.405 e. The second-order valence-corrected chi connectivity index (χ2v) is 8.99. The van der Waals surface area contributed by atoms with Gasteiger partial charge in [0.05, 0.1) is 12.0 Å². The summed E-state index contributed by atoms with van der Waals surface area (Å²) in [5.41, 5.74) is -1.81. The number of benzene rings is 2. The number of carbonyl (C=O) groups excluding carboxylic acids is 2. The first-order valence-electron chi connectivity index (χ1n) is 8.59. The van der Waals surface area contributed by atoms with Gasteiger partial charge in [0, 0.05) is 15.7 Å². The summed E-state index contributed by atoms with van der Waals surface area (Å²) in [5.74, 6) is -2.90. The van der Waals surface area contributed by atoms with E-state index in [-0.39, 0.29) is 17.1 Å². The number of alkyl halides is 2. The molecule has 0 amide bonds. The van der Waals surface area contributed by atoms with E-state index in [0.717, 1.165) is 15.7 Å². The molecule has 0 fully saturated rings. The number of rotatable bonds is 8. The minimum atomic E-state index is -5.95. The molecular weight excluding hydrogens is 587 g/mol. The van der Waals surface area contributed by atoms with Gasteiger partial charge in [0.2, 0.25) is 0 Å².